The first-order valence-electron chi connectivity index (χ1n) is 8.52. The molecule has 1 saturated heterocycles. The van der Waals surface area contributed by atoms with E-state index < -0.39 is 0 Å². The van der Waals surface area contributed by atoms with Crippen molar-refractivity contribution in [3.8, 4) is 0 Å². The van der Waals surface area contributed by atoms with Crippen molar-refractivity contribution in [2.45, 2.75) is 6.04 Å². The number of nitrogens with zero attached hydrogens (tertiary/aromatic N) is 4. The summed E-state index contributed by atoms with van der Waals surface area (Å²) in [5, 5.41) is 6.39. The Labute approximate surface area is 151 Å². The van der Waals surface area contributed by atoms with Crippen LogP contribution in [0.5, 0.6) is 0 Å². The fraction of sp³-hybridized carbons (Fsp3) is 0.263. The Bertz CT molecular complexity index is 862. The molecule has 0 aliphatic carbocycles. The van der Waals surface area contributed by atoms with E-state index in [0.717, 1.165) is 35.8 Å². The fourth-order valence-corrected chi connectivity index (χ4v) is 3.18. The van der Waals surface area contributed by atoms with Gasteiger partial charge < -0.3 is 15.0 Å². The van der Waals surface area contributed by atoms with Crippen molar-refractivity contribution in [1.29, 1.82) is 0 Å². The Morgan fingerprint density at radius 2 is 2.15 bits per heavy atom. The molecule has 0 amide bonds. The van der Waals surface area contributed by atoms with Crippen LogP contribution in [0.4, 0.5) is 5.69 Å². The molecule has 0 spiro atoms. The van der Waals surface area contributed by atoms with Gasteiger partial charge in [-0.25, -0.2) is 9.98 Å². The van der Waals surface area contributed by atoms with E-state index in [1.54, 1.807) is 24.3 Å². The summed E-state index contributed by atoms with van der Waals surface area (Å²) in [6, 6.07) is 6.93. The first kappa shape index (κ1) is 16.4. The summed E-state index contributed by atoms with van der Waals surface area (Å²) in [4.78, 5) is 22.6. The van der Waals surface area contributed by atoms with Gasteiger partial charge in [0.1, 0.15) is 17.6 Å². The van der Waals surface area contributed by atoms with Gasteiger partial charge in [-0.3, -0.25) is 0 Å². The van der Waals surface area contributed by atoms with E-state index in [2.05, 4.69) is 22.0 Å². The number of hydrogen-bond acceptors (Lipinski definition) is 7. The zero-order valence-corrected chi connectivity index (χ0v) is 14.3. The summed E-state index contributed by atoms with van der Waals surface area (Å²) >= 11 is 0. The van der Waals surface area contributed by atoms with Crippen molar-refractivity contribution in [2.24, 2.45) is 15.2 Å². The largest absolute Gasteiger partial charge is 0.378 e. The molecule has 0 aromatic heterocycles. The van der Waals surface area contributed by atoms with Gasteiger partial charge in [0.05, 0.1) is 18.9 Å². The minimum absolute atomic E-state index is 0.104. The van der Waals surface area contributed by atoms with E-state index in [9.17, 15) is 4.91 Å². The van der Waals surface area contributed by atoms with Gasteiger partial charge in [0.25, 0.3) is 0 Å². The third kappa shape index (κ3) is 3.09. The van der Waals surface area contributed by atoms with Crippen LogP contribution in [0.3, 0.4) is 0 Å². The quantitative estimate of drug-likeness (QED) is 0.851. The molecular formula is C19H19N5O2. The topological polar surface area (TPSA) is 78.7 Å². The molecule has 1 atom stereocenters. The number of fused-ring (bicyclic) bond motifs is 1. The molecular weight excluding hydrogens is 330 g/mol. The molecule has 0 bridgehead atoms. The van der Waals surface area contributed by atoms with Gasteiger partial charge in [-0.15, -0.1) is 4.91 Å². The second-order valence-electron chi connectivity index (χ2n) is 6.16. The fourth-order valence-electron chi connectivity index (χ4n) is 3.18. The number of nitrogens with one attached hydrogen (secondary N) is 1. The number of nitroso groups, excluding NO2 is 1. The highest BCUT2D eigenvalue weighted by molar-refractivity contribution is 6.11. The summed E-state index contributed by atoms with van der Waals surface area (Å²) in [6.45, 7) is 6.74. The third-order valence-corrected chi connectivity index (χ3v) is 4.52. The van der Waals surface area contributed by atoms with Crippen LogP contribution in [0.15, 0.2) is 75.6 Å². The predicted molar refractivity (Wildman–Crippen MR) is 102 cm³/mol. The van der Waals surface area contributed by atoms with E-state index in [0.29, 0.717) is 24.7 Å². The van der Waals surface area contributed by atoms with Crippen LogP contribution >= 0.6 is 0 Å². The number of aliphatic imine (C=N–C) groups is 2. The SMILES string of the molecule is C=CC1=CNC2C(=C1)N=C(c1cccc(N=O)c1)N=C2N1CCOCC1. The molecule has 1 N–H and O–H groups in total. The van der Waals surface area contributed by atoms with Crippen LogP contribution < -0.4 is 5.32 Å². The first-order chi connectivity index (χ1) is 12.8. The van der Waals surface area contributed by atoms with Gasteiger partial charge in [0, 0.05) is 24.9 Å². The number of dihydropyridines is 1. The number of morpholine rings is 1. The first-order valence-corrected chi connectivity index (χ1v) is 8.52. The summed E-state index contributed by atoms with van der Waals surface area (Å²) in [7, 11) is 0. The Morgan fingerprint density at radius 1 is 1.31 bits per heavy atom. The Balaban J connectivity index is 1.77. The van der Waals surface area contributed by atoms with Crippen LogP contribution in [0.2, 0.25) is 0 Å². The van der Waals surface area contributed by atoms with Crippen LogP contribution in [0.25, 0.3) is 0 Å². The molecule has 132 valence electrons. The lowest BCUT2D eigenvalue weighted by Gasteiger charge is -2.36. The molecule has 4 rings (SSSR count). The van der Waals surface area contributed by atoms with E-state index in [-0.39, 0.29) is 6.04 Å². The number of ether oxygens (including phenoxy) is 1. The Morgan fingerprint density at radius 3 is 2.92 bits per heavy atom. The van der Waals surface area contributed by atoms with Gasteiger partial charge in [0.2, 0.25) is 0 Å². The standard InChI is InChI=1S/C19H19N5O2/c1-2-13-10-16-17(20-12-13)19(24-6-8-26-9-7-24)22-18(21-16)14-4-3-5-15(11-14)23-25/h2-5,10-12,17,20H,1,6-9H2. The molecule has 7 heteroatoms. The highest BCUT2D eigenvalue weighted by atomic mass is 16.5. The monoisotopic (exact) mass is 349 g/mol. The number of amidine groups is 2. The normalized spacial score (nSPS) is 22.2. The van der Waals surface area contributed by atoms with Gasteiger partial charge in [-0.05, 0) is 29.0 Å². The smallest absolute Gasteiger partial charge is 0.161 e. The molecule has 3 aliphatic heterocycles. The van der Waals surface area contributed by atoms with Gasteiger partial charge in [0.15, 0.2) is 5.84 Å². The molecule has 1 aromatic carbocycles. The van der Waals surface area contributed by atoms with Crippen molar-refractivity contribution in [2.75, 3.05) is 26.3 Å². The molecule has 3 aliphatic rings. The molecule has 7 nitrogen and oxygen atoms in total. The van der Waals surface area contributed by atoms with Gasteiger partial charge >= 0.3 is 0 Å². The van der Waals surface area contributed by atoms with Crippen molar-refractivity contribution >= 4 is 17.4 Å². The Hall–Kier alpha value is -3.06. The van der Waals surface area contributed by atoms with E-state index in [1.165, 1.54) is 0 Å². The van der Waals surface area contributed by atoms with Crippen molar-refractivity contribution in [1.82, 2.24) is 10.2 Å². The Kier molecular flexibility index (Phi) is 4.45. The van der Waals surface area contributed by atoms with Crippen LogP contribution in [-0.4, -0.2) is 48.9 Å². The molecule has 1 fully saturated rings. The van der Waals surface area contributed by atoms with Crippen molar-refractivity contribution in [3.63, 3.8) is 0 Å². The minimum atomic E-state index is -0.104. The molecule has 0 radical (unpaired) electrons. The molecule has 1 aromatic rings. The highest BCUT2D eigenvalue weighted by Gasteiger charge is 2.31. The van der Waals surface area contributed by atoms with Crippen molar-refractivity contribution < 1.29 is 4.74 Å². The average molecular weight is 349 g/mol. The maximum Gasteiger partial charge on any atom is 0.161 e. The zero-order chi connectivity index (χ0) is 17.9. The van der Waals surface area contributed by atoms with E-state index >= 15 is 0 Å². The van der Waals surface area contributed by atoms with Crippen molar-refractivity contribution in [3.05, 3.63) is 70.9 Å². The lowest BCUT2D eigenvalue weighted by Crippen LogP contribution is -2.52. The van der Waals surface area contributed by atoms with Gasteiger partial charge in [-0.1, -0.05) is 24.8 Å². The van der Waals surface area contributed by atoms with Gasteiger partial charge in [-0.2, -0.15) is 0 Å². The summed E-state index contributed by atoms with van der Waals surface area (Å²) < 4.78 is 5.47. The summed E-state index contributed by atoms with van der Waals surface area (Å²) in [5.74, 6) is 1.49. The molecule has 3 heterocycles. The lowest BCUT2D eigenvalue weighted by molar-refractivity contribution is 0.0668. The number of rotatable bonds is 3. The van der Waals surface area contributed by atoms with E-state index in [4.69, 9.17) is 14.7 Å². The predicted octanol–water partition coefficient (Wildman–Crippen LogP) is 2.50. The zero-order valence-electron chi connectivity index (χ0n) is 14.3. The maximum absolute atomic E-state index is 10.9. The second-order valence-corrected chi connectivity index (χ2v) is 6.16. The summed E-state index contributed by atoms with van der Waals surface area (Å²) in [5.41, 5.74) is 2.96. The van der Waals surface area contributed by atoms with Crippen LogP contribution in [0.1, 0.15) is 5.56 Å². The minimum Gasteiger partial charge on any atom is -0.378 e. The van der Waals surface area contributed by atoms with Crippen LogP contribution in [0, 0.1) is 4.91 Å². The average Bonchev–Trinajstić information content (AvgIpc) is 2.73. The second kappa shape index (κ2) is 7.05. The number of hydrogen-bond donors (Lipinski definition) is 1. The highest BCUT2D eigenvalue weighted by Crippen LogP contribution is 2.25. The number of benzene rings is 1. The third-order valence-electron chi connectivity index (χ3n) is 4.52. The summed E-state index contributed by atoms with van der Waals surface area (Å²) in [6.07, 6.45) is 5.71. The van der Waals surface area contributed by atoms with Crippen LogP contribution in [-0.2, 0) is 4.74 Å². The van der Waals surface area contributed by atoms with E-state index in [1.807, 2.05) is 18.3 Å². The maximum atomic E-state index is 10.9. The number of allylic oxidation sites excluding steroid dienone is 3. The molecule has 1 unspecified atom stereocenters. The molecule has 0 saturated carbocycles. The molecule has 26 heavy (non-hydrogen) atoms. The lowest BCUT2D eigenvalue weighted by atomic mass is 10.0.